The van der Waals surface area contributed by atoms with Crippen molar-refractivity contribution in [1.82, 2.24) is 9.44 Å². The summed E-state index contributed by atoms with van der Waals surface area (Å²) in [7, 11) is -3.99. The fraction of sp³-hybridized carbons (Fsp3) is 0.167. The number of ether oxygens (including phenoxy) is 1. The smallest absolute Gasteiger partial charge is 0.343 e. The molecule has 0 amide bonds. The lowest BCUT2D eigenvalue weighted by Crippen LogP contribution is -2.44. The third-order valence-corrected chi connectivity index (χ3v) is 4.89. The fourth-order valence-electron chi connectivity index (χ4n) is 2.19. The molecule has 0 aliphatic rings. The zero-order chi connectivity index (χ0) is 22.3. The van der Waals surface area contributed by atoms with Gasteiger partial charge in [0.25, 0.3) is 10.2 Å². The Balaban J connectivity index is 1.91. The molecule has 0 bridgehead atoms. The summed E-state index contributed by atoms with van der Waals surface area (Å²) in [6.45, 7) is 1.12. The van der Waals surface area contributed by atoms with E-state index in [9.17, 15) is 18.0 Å². The van der Waals surface area contributed by atoms with Gasteiger partial charge in [-0.3, -0.25) is 10.2 Å². The predicted octanol–water partition coefficient (Wildman–Crippen LogP) is 0.608. The van der Waals surface area contributed by atoms with E-state index < -0.39 is 28.2 Å². The van der Waals surface area contributed by atoms with Crippen LogP contribution in [0.4, 0.5) is 5.69 Å². The monoisotopic (exact) mass is 435 g/mol. The number of benzene rings is 2. The van der Waals surface area contributed by atoms with Gasteiger partial charge < -0.3 is 20.9 Å². The number of nitrogens with two attached hydrogens (primary N) is 1. The van der Waals surface area contributed by atoms with Gasteiger partial charge in [0.05, 0.1) is 5.56 Å². The highest BCUT2D eigenvalue weighted by molar-refractivity contribution is 7.87. The molecule has 0 fully saturated rings. The molecule has 0 spiro atoms. The van der Waals surface area contributed by atoms with Gasteiger partial charge in [-0.1, -0.05) is 12.1 Å². The number of anilines is 1. The Labute approximate surface area is 172 Å². The van der Waals surface area contributed by atoms with Gasteiger partial charge in [0, 0.05) is 12.2 Å². The van der Waals surface area contributed by atoms with Crippen LogP contribution in [0.2, 0.25) is 0 Å². The van der Waals surface area contributed by atoms with Crippen LogP contribution in [0.25, 0.3) is 0 Å². The summed E-state index contributed by atoms with van der Waals surface area (Å²) < 4.78 is 33.0. The van der Waals surface area contributed by atoms with Crippen molar-refractivity contribution < 1.29 is 27.9 Å². The Morgan fingerprint density at radius 1 is 1.13 bits per heavy atom. The van der Waals surface area contributed by atoms with Crippen molar-refractivity contribution in [2.24, 2.45) is 5.73 Å². The van der Waals surface area contributed by atoms with Crippen LogP contribution in [0.3, 0.4) is 0 Å². The molecule has 0 saturated heterocycles. The van der Waals surface area contributed by atoms with Crippen LogP contribution >= 0.6 is 0 Å². The Morgan fingerprint density at radius 3 is 2.27 bits per heavy atom. The van der Waals surface area contributed by atoms with E-state index in [1.165, 1.54) is 31.2 Å². The first-order valence-corrected chi connectivity index (χ1v) is 10.1. The van der Waals surface area contributed by atoms with E-state index in [1.807, 2.05) is 4.72 Å². The number of hydrogen-bond donors (Lipinski definition) is 6. The zero-order valence-electron chi connectivity index (χ0n) is 15.9. The summed E-state index contributed by atoms with van der Waals surface area (Å²) in [6.07, 6.45) is 0. The molecule has 30 heavy (non-hydrogen) atoms. The van der Waals surface area contributed by atoms with E-state index in [0.717, 1.165) is 0 Å². The molecule has 2 aromatic carbocycles. The molecule has 0 heterocycles. The maximum atomic E-state index is 12.2. The molecule has 1 unspecified atom stereocenters. The molecule has 0 aliphatic heterocycles. The van der Waals surface area contributed by atoms with Gasteiger partial charge in [-0.15, -0.1) is 0 Å². The van der Waals surface area contributed by atoms with Crippen LogP contribution in [-0.2, 0) is 21.5 Å². The molecule has 11 nitrogen and oxygen atoms in total. The van der Waals surface area contributed by atoms with E-state index in [0.29, 0.717) is 16.8 Å². The van der Waals surface area contributed by atoms with E-state index >= 15 is 0 Å². The van der Waals surface area contributed by atoms with Crippen molar-refractivity contribution in [1.29, 1.82) is 5.41 Å². The van der Waals surface area contributed by atoms with Crippen molar-refractivity contribution in [2.45, 2.75) is 19.5 Å². The SMILES string of the molecule is CC(NS(=O)(=O)NCc1ccc(OC(=O)c2ccc(NC(=N)N)cc2)cc1)C(=O)O. The molecule has 12 heteroatoms. The Kier molecular flexibility index (Phi) is 7.47. The molecular formula is C18H21N5O6S. The first-order valence-electron chi connectivity index (χ1n) is 8.57. The fourth-order valence-corrected chi connectivity index (χ4v) is 3.20. The summed E-state index contributed by atoms with van der Waals surface area (Å²) in [5.41, 5.74) is 6.65. The summed E-state index contributed by atoms with van der Waals surface area (Å²) in [6, 6.07) is 11.0. The van der Waals surface area contributed by atoms with Gasteiger partial charge in [0.1, 0.15) is 11.8 Å². The summed E-state index contributed by atoms with van der Waals surface area (Å²) in [4.78, 5) is 22.9. The van der Waals surface area contributed by atoms with Crippen LogP contribution in [0, 0.1) is 5.41 Å². The van der Waals surface area contributed by atoms with E-state index in [4.69, 9.17) is 21.0 Å². The van der Waals surface area contributed by atoms with Crippen molar-refractivity contribution in [3.8, 4) is 5.75 Å². The first kappa shape index (κ1) is 22.8. The third-order valence-electron chi connectivity index (χ3n) is 3.70. The van der Waals surface area contributed by atoms with Gasteiger partial charge in [-0.2, -0.15) is 17.9 Å². The minimum atomic E-state index is -3.99. The van der Waals surface area contributed by atoms with Gasteiger partial charge in [-0.05, 0) is 48.9 Å². The summed E-state index contributed by atoms with van der Waals surface area (Å²) in [5, 5.41) is 18.5. The van der Waals surface area contributed by atoms with Crippen molar-refractivity contribution >= 4 is 33.8 Å². The zero-order valence-corrected chi connectivity index (χ0v) is 16.7. The largest absolute Gasteiger partial charge is 0.480 e. The minimum absolute atomic E-state index is 0.0828. The van der Waals surface area contributed by atoms with Crippen LogP contribution < -0.4 is 25.2 Å². The Hall–Kier alpha value is -3.48. The lowest BCUT2D eigenvalue weighted by Gasteiger charge is -2.11. The van der Waals surface area contributed by atoms with Crippen molar-refractivity contribution in [3.63, 3.8) is 0 Å². The first-order chi connectivity index (χ1) is 14.1. The number of carbonyl (C=O) groups is 2. The minimum Gasteiger partial charge on any atom is -0.480 e. The topological polar surface area (TPSA) is 184 Å². The molecule has 1 atom stereocenters. The number of nitrogens with one attached hydrogen (secondary N) is 4. The molecule has 0 radical (unpaired) electrons. The van der Waals surface area contributed by atoms with E-state index in [2.05, 4.69) is 10.0 Å². The van der Waals surface area contributed by atoms with Crippen LogP contribution in [0.5, 0.6) is 5.75 Å². The number of esters is 1. The number of rotatable bonds is 9. The van der Waals surface area contributed by atoms with Gasteiger partial charge in [0.15, 0.2) is 5.96 Å². The maximum absolute atomic E-state index is 12.2. The molecule has 0 aromatic heterocycles. The lowest BCUT2D eigenvalue weighted by molar-refractivity contribution is -0.138. The highest BCUT2D eigenvalue weighted by Crippen LogP contribution is 2.16. The molecule has 0 aliphatic carbocycles. The number of carboxylic acid groups (broad SMARTS) is 1. The number of carboxylic acids is 1. The molecular weight excluding hydrogens is 414 g/mol. The lowest BCUT2D eigenvalue weighted by atomic mass is 10.2. The average molecular weight is 435 g/mol. The van der Waals surface area contributed by atoms with Crippen LogP contribution in [0.1, 0.15) is 22.8 Å². The quantitative estimate of drug-likeness (QED) is 0.143. The van der Waals surface area contributed by atoms with Gasteiger partial charge in [-0.25, -0.2) is 4.79 Å². The number of aliphatic carboxylic acids is 1. The average Bonchev–Trinajstić information content (AvgIpc) is 2.67. The van der Waals surface area contributed by atoms with Crippen LogP contribution in [0.15, 0.2) is 48.5 Å². The van der Waals surface area contributed by atoms with E-state index in [1.54, 1.807) is 24.3 Å². The highest BCUT2D eigenvalue weighted by Gasteiger charge is 2.18. The molecule has 0 saturated carbocycles. The Bertz CT molecular complexity index is 1020. The second-order valence-electron chi connectivity index (χ2n) is 6.15. The molecule has 2 aromatic rings. The highest BCUT2D eigenvalue weighted by atomic mass is 32.2. The Morgan fingerprint density at radius 2 is 1.73 bits per heavy atom. The summed E-state index contributed by atoms with van der Waals surface area (Å²) >= 11 is 0. The molecule has 2 rings (SSSR count). The summed E-state index contributed by atoms with van der Waals surface area (Å²) in [5.74, 6) is -1.85. The number of hydrogen-bond acceptors (Lipinski definition) is 6. The molecule has 7 N–H and O–H groups in total. The third kappa shape index (κ3) is 7.16. The molecule has 160 valence electrons. The van der Waals surface area contributed by atoms with Gasteiger partial charge in [0.2, 0.25) is 0 Å². The van der Waals surface area contributed by atoms with Crippen molar-refractivity contribution in [3.05, 3.63) is 59.7 Å². The van der Waals surface area contributed by atoms with Gasteiger partial charge >= 0.3 is 11.9 Å². The van der Waals surface area contributed by atoms with Crippen molar-refractivity contribution in [2.75, 3.05) is 5.32 Å². The predicted molar refractivity (Wildman–Crippen MR) is 109 cm³/mol. The number of carbonyl (C=O) groups excluding carboxylic acids is 1. The second kappa shape index (κ2) is 9.82. The normalized spacial score (nSPS) is 12.0. The number of guanidine groups is 1. The second-order valence-corrected chi connectivity index (χ2v) is 7.68. The van der Waals surface area contributed by atoms with Crippen LogP contribution in [-0.4, -0.2) is 37.5 Å². The standard InChI is InChI=1S/C18H21N5O6S/c1-11(16(24)25)23-30(27,28)21-10-12-2-8-15(9-3-12)29-17(26)13-4-6-14(7-5-13)22-18(19)20/h2-9,11,21,23H,10H2,1H3,(H,24,25)(H4,19,20,22). The van der Waals surface area contributed by atoms with E-state index in [-0.39, 0.29) is 18.3 Å². The maximum Gasteiger partial charge on any atom is 0.343 e.